The van der Waals surface area contributed by atoms with Crippen LogP contribution < -0.4 is 0 Å². The van der Waals surface area contributed by atoms with Crippen molar-refractivity contribution in [3.63, 3.8) is 0 Å². The molecule has 0 heterocycles. The molecule has 3 nitrogen and oxygen atoms in total. The average molecular weight is 205 g/mol. The lowest BCUT2D eigenvalue weighted by molar-refractivity contribution is 0.484. The summed E-state index contributed by atoms with van der Waals surface area (Å²) in [6.45, 7) is 2.07. The Hall–Kier alpha value is -1.51. The molecule has 82 valence electrons. The van der Waals surface area contributed by atoms with Crippen molar-refractivity contribution in [3.8, 4) is 0 Å². The Morgan fingerprint density at radius 3 is 2.13 bits per heavy atom. The Kier molecular flexibility index (Phi) is 3.72. The lowest BCUT2D eigenvalue weighted by Gasteiger charge is -2.22. The van der Waals surface area contributed by atoms with Crippen molar-refractivity contribution in [3.05, 3.63) is 29.8 Å². The van der Waals surface area contributed by atoms with Gasteiger partial charge in [0.1, 0.15) is 0 Å². The number of aliphatic imine (C=N–C) groups is 1. The summed E-state index contributed by atoms with van der Waals surface area (Å²) in [7, 11) is 7.98. The topological polar surface area (TPSA) is 18.8 Å². The summed E-state index contributed by atoms with van der Waals surface area (Å²) < 4.78 is 0. The summed E-state index contributed by atoms with van der Waals surface area (Å²) in [5, 5.41) is 0. The van der Waals surface area contributed by atoms with Crippen molar-refractivity contribution >= 4 is 11.6 Å². The van der Waals surface area contributed by atoms with Crippen LogP contribution in [-0.4, -0.2) is 44.0 Å². The Labute approximate surface area is 92.0 Å². The summed E-state index contributed by atoms with van der Waals surface area (Å²) in [5.74, 6) is 0.945. The molecule has 0 aliphatic carbocycles. The molecular weight excluding hydrogens is 186 g/mol. The fraction of sp³-hybridized carbons (Fsp3) is 0.417. The molecule has 0 unspecified atom stereocenters. The van der Waals surface area contributed by atoms with Gasteiger partial charge in [-0.1, -0.05) is 12.1 Å². The van der Waals surface area contributed by atoms with E-state index in [0.717, 1.165) is 11.6 Å². The van der Waals surface area contributed by atoms with Crippen LogP contribution in [0.5, 0.6) is 0 Å². The van der Waals surface area contributed by atoms with Gasteiger partial charge in [-0.3, -0.25) is 0 Å². The van der Waals surface area contributed by atoms with E-state index in [4.69, 9.17) is 0 Å². The highest BCUT2D eigenvalue weighted by Gasteiger charge is 2.04. The first-order valence-electron chi connectivity index (χ1n) is 5.00. The number of hydrogen-bond donors (Lipinski definition) is 0. The van der Waals surface area contributed by atoms with Gasteiger partial charge in [0.25, 0.3) is 0 Å². The van der Waals surface area contributed by atoms with Crippen molar-refractivity contribution < 1.29 is 0 Å². The highest BCUT2D eigenvalue weighted by atomic mass is 15.3. The molecule has 0 aromatic heterocycles. The second kappa shape index (κ2) is 4.82. The number of guanidine groups is 1. The van der Waals surface area contributed by atoms with Crippen LogP contribution in [0.3, 0.4) is 0 Å². The van der Waals surface area contributed by atoms with Crippen molar-refractivity contribution in [1.82, 2.24) is 9.80 Å². The maximum atomic E-state index is 4.59. The van der Waals surface area contributed by atoms with Gasteiger partial charge in [0.2, 0.25) is 5.96 Å². The molecule has 1 aromatic carbocycles. The van der Waals surface area contributed by atoms with E-state index in [1.165, 1.54) is 5.56 Å². The molecule has 1 aromatic rings. The standard InChI is InChI=1S/C12H19N3/c1-10-7-6-8-11(9-10)13-12(14(2)3)15(4)5/h6-9H,1-5H3. The molecule has 0 aliphatic rings. The van der Waals surface area contributed by atoms with Crippen molar-refractivity contribution in [2.24, 2.45) is 4.99 Å². The van der Waals surface area contributed by atoms with Crippen molar-refractivity contribution in [2.45, 2.75) is 6.92 Å². The van der Waals surface area contributed by atoms with E-state index in [9.17, 15) is 0 Å². The molecule has 1 rings (SSSR count). The summed E-state index contributed by atoms with van der Waals surface area (Å²) in [6.07, 6.45) is 0. The van der Waals surface area contributed by atoms with Crippen LogP contribution in [0.1, 0.15) is 5.56 Å². The van der Waals surface area contributed by atoms with Gasteiger partial charge in [-0.15, -0.1) is 0 Å². The van der Waals surface area contributed by atoms with Crippen molar-refractivity contribution in [2.75, 3.05) is 28.2 Å². The smallest absolute Gasteiger partial charge is 0.200 e. The van der Waals surface area contributed by atoms with Crippen LogP contribution in [0, 0.1) is 6.92 Å². The molecule has 0 bridgehead atoms. The van der Waals surface area contributed by atoms with E-state index in [1.807, 2.05) is 50.1 Å². The van der Waals surface area contributed by atoms with E-state index < -0.39 is 0 Å². The number of hydrogen-bond acceptors (Lipinski definition) is 1. The summed E-state index contributed by atoms with van der Waals surface area (Å²) >= 11 is 0. The highest BCUT2D eigenvalue weighted by Crippen LogP contribution is 2.14. The van der Waals surface area contributed by atoms with Gasteiger partial charge < -0.3 is 9.80 Å². The molecule has 0 spiro atoms. The highest BCUT2D eigenvalue weighted by molar-refractivity contribution is 5.82. The Morgan fingerprint density at radius 2 is 1.67 bits per heavy atom. The predicted molar refractivity (Wildman–Crippen MR) is 65.6 cm³/mol. The van der Waals surface area contributed by atoms with Crippen LogP contribution >= 0.6 is 0 Å². The third-order valence-electron chi connectivity index (χ3n) is 2.03. The third kappa shape index (κ3) is 3.27. The normalized spacial score (nSPS) is 9.67. The fourth-order valence-electron chi connectivity index (χ4n) is 1.41. The van der Waals surface area contributed by atoms with E-state index in [2.05, 4.69) is 24.0 Å². The second-order valence-electron chi connectivity index (χ2n) is 4.04. The molecule has 15 heavy (non-hydrogen) atoms. The first-order valence-corrected chi connectivity index (χ1v) is 5.00. The number of rotatable bonds is 1. The average Bonchev–Trinajstić information content (AvgIpc) is 2.13. The molecular formula is C12H19N3. The first kappa shape index (κ1) is 11.6. The van der Waals surface area contributed by atoms with Crippen LogP contribution in [0.25, 0.3) is 0 Å². The minimum absolute atomic E-state index is 0.945. The third-order valence-corrected chi connectivity index (χ3v) is 2.03. The molecule has 0 atom stereocenters. The molecule has 3 heteroatoms. The van der Waals surface area contributed by atoms with Gasteiger partial charge in [0.15, 0.2) is 0 Å². The van der Waals surface area contributed by atoms with E-state index in [1.54, 1.807) is 0 Å². The number of nitrogens with zero attached hydrogens (tertiary/aromatic N) is 3. The second-order valence-corrected chi connectivity index (χ2v) is 4.04. The Balaban J connectivity index is 3.02. The Morgan fingerprint density at radius 1 is 1.07 bits per heavy atom. The van der Waals surface area contributed by atoms with Crippen LogP contribution in [0.4, 0.5) is 5.69 Å². The van der Waals surface area contributed by atoms with Gasteiger partial charge in [0.05, 0.1) is 5.69 Å². The van der Waals surface area contributed by atoms with Gasteiger partial charge >= 0.3 is 0 Å². The quantitative estimate of drug-likeness (QED) is 0.516. The summed E-state index contributed by atoms with van der Waals surface area (Å²) in [4.78, 5) is 8.59. The molecule has 0 aliphatic heterocycles. The van der Waals surface area contributed by atoms with Gasteiger partial charge in [0, 0.05) is 28.2 Å². The minimum Gasteiger partial charge on any atom is -0.349 e. The predicted octanol–water partition coefficient (Wildman–Crippen LogP) is 2.11. The fourth-order valence-corrected chi connectivity index (χ4v) is 1.41. The summed E-state index contributed by atoms with van der Waals surface area (Å²) in [6, 6.07) is 8.19. The monoisotopic (exact) mass is 205 g/mol. The van der Waals surface area contributed by atoms with Gasteiger partial charge in [-0.05, 0) is 24.6 Å². The largest absolute Gasteiger partial charge is 0.349 e. The molecule has 0 amide bonds. The van der Waals surface area contributed by atoms with E-state index in [0.29, 0.717) is 0 Å². The molecule has 0 saturated carbocycles. The SMILES string of the molecule is Cc1cccc(N=C(N(C)C)N(C)C)c1. The maximum Gasteiger partial charge on any atom is 0.200 e. The zero-order valence-electron chi connectivity index (χ0n) is 10.2. The first-order chi connectivity index (χ1) is 7.00. The van der Waals surface area contributed by atoms with Crippen molar-refractivity contribution in [1.29, 1.82) is 0 Å². The van der Waals surface area contributed by atoms with Gasteiger partial charge in [-0.25, -0.2) is 4.99 Å². The minimum atomic E-state index is 0.945. The zero-order chi connectivity index (χ0) is 11.4. The maximum absolute atomic E-state index is 4.59. The van der Waals surface area contributed by atoms with Crippen LogP contribution in [-0.2, 0) is 0 Å². The van der Waals surface area contributed by atoms with Crippen LogP contribution in [0.15, 0.2) is 29.3 Å². The lowest BCUT2D eigenvalue weighted by Crippen LogP contribution is -2.35. The molecule has 0 fully saturated rings. The number of benzene rings is 1. The lowest BCUT2D eigenvalue weighted by atomic mass is 10.2. The number of aryl methyl sites for hydroxylation is 1. The van der Waals surface area contributed by atoms with Gasteiger partial charge in [-0.2, -0.15) is 0 Å². The molecule has 0 radical (unpaired) electrons. The van der Waals surface area contributed by atoms with Crippen LogP contribution in [0.2, 0.25) is 0 Å². The molecule has 0 saturated heterocycles. The summed E-state index contributed by atoms with van der Waals surface area (Å²) in [5.41, 5.74) is 2.22. The molecule has 0 N–H and O–H groups in total. The van der Waals surface area contributed by atoms with E-state index >= 15 is 0 Å². The zero-order valence-corrected chi connectivity index (χ0v) is 10.2. The van der Waals surface area contributed by atoms with E-state index in [-0.39, 0.29) is 0 Å². The Bertz CT molecular complexity index is 344.